The first-order valence-corrected chi connectivity index (χ1v) is 16.2. The highest BCUT2D eigenvalue weighted by molar-refractivity contribution is 6.07. The van der Waals surface area contributed by atoms with E-state index in [2.05, 4.69) is 147 Å². The summed E-state index contributed by atoms with van der Waals surface area (Å²) in [6.07, 6.45) is 4.31. The average Bonchev–Trinajstić information content (AvgIpc) is 3.12. The second-order valence-corrected chi connectivity index (χ2v) is 12.4. The van der Waals surface area contributed by atoms with E-state index in [0.29, 0.717) is 0 Å². The molecule has 3 heteroatoms. The largest absolute Gasteiger partial charge is 0.252 e. The number of fused-ring (bicyclic) bond motifs is 3. The lowest BCUT2D eigenvalue weighted by atomic mass is 9.79. The minimum Gasteiger partial charge on any atom is -0.252 e. The number of hydrogen-bond donors (Lipinski definition) is 0. The van der Waals surface area contributed by atoms with E-state index in [1.807, 2.05) is 6.07 Å². The zero-order valence-corrected chi connectivity index (χ0v) is 26.2. The van der Waals surface area contributed by atoms with Gasteiger partial charge in [-0.05, 0) is 77.4 Å². The first-order valence-electron chi connectivity index (χ1n) is 16.2. The van der Waals surface area contributed by atoms with Gasteiger partial charge in [-0.15, -0.1) is 0 Å². The Morgan fingerprint density at radius 2 is 1.22 bits per heavy atom. The van der Waals surface area contributed by atoms with Crippen LogP contribution in [0.5, 0.6) is 0 Å². The van der Waals surface area contributed by atoms with E-state index >= 15 is 0 Å². The molecule has 4 aromatic carbocycles. The van der Waals surface area contributed by atoms with Gasteiger partial charge in [-0.25, -0.2) is 9.97 Å². The third kappa shape index (κ3) is 5.18. The Morgan fingerprint density at radius 3 is 1.98 bits per heavy atom. The molecular formula is C43H35N3. The van der Waals surface area contributed by atoms with Crippen molar-refractivity contribution in [3.63, 3.8) is 0 Å². The number of benzene rings is 4. The van der Waals surface area contributed by atoms with Crippen LogP contribution in [0.2, 0.25) is 0 Å². The van der Waals surface area contributed by atoms with Crippen LogP contribution in [0.1, 0.15) is 46.2 Å². The lowest BCUT2D eigenvalue weighted by Crippen LogP contribution is -2.23. The molecule has 0 spiro atoms. The van der Waals surface area contributed by atoms with Crippen LogP contribution >= 0.6 is 0 Å². The standard InChI is InChI=1S/C43H35N3/c1-28-25-39(46-43-36(28)23-21-33-22-24-38(44-42(33)43)31-15-8-4-9-16-31)34-19-12-20-35(26-34)41-29(2)37(30-13-6-3-7-14-30)27-40(45-41)32-17-10-5-11-18-32/h3-20,22,24-27,29,37H,21,23H2,1-2H3/t29-,37?/m1/s1. The maximum Gasteiger partial charge on any atom is 0.0931 e. The molecule has 0 saturated heterocycles. The minimum atomic E-state index is 0.204. The summed E-state index contributed by atoms with van der Waals surface area (Å²) in [6, 6.07) is 47.2. The van der Waals surface area contributed by atoms with Gasteiger partial charge in [0, 0.05) is 23.0 Å². The van der Waals surface area contributed by atoms with Crippen LogP contribution in [-0.4, -0.2) is 15.7 Å². The van der Waals surface area contributed by atoms with Crippen molar-refractivity contribution in [1.82, 2.24) is 9.97 Å². The van der Waals surface area contributed by atoms with Crippen LogP contribution < -0.4 is 0 Å². The molecule has 3 heterocycles. The SMILES string of the molecule is Cc1cc(-c2cccc(C3=NC(c4ccccc4)=CC(c4ccccc4)[C@H]3C)c2)nc2c1CCc1ccc(-c3ccccc3)nc1-2. The third-order valence-electron chi connectivity index (χ3n) is 9.52. The summed E-state index contributed by atoms with van der Waals surface area (Å²) in [5.74, 6) is 0.425. The predicted molar refractivity (Wildman–Crippen MR) is 190 cm³/mol. The number of aliphatic imine (C=N–C) groups is 1. The van der Waals surface area contributed by atoms with Gasteiger partial charge in [0.25, 0.3) is 0 Å². The summed E-state index contributed by atoms with van der Waals surface area (Å²) < 4.78 is 0. The first-order chi connectivity index (χ1) is 22.6. The van der Waals surface area contributed by atoms with Crippen LogP contribution in [0.15, 0.2) is 145 Å². The monoisotopic (exact) mass is 593 g/mol. The molecule has 2 atom stereocenters. The van der Waals surface area contributed by atoms with Crippen LogP contribution in [0.4, 0.5) is 0 Å². The van der Waals surface area contributed by atoms with E-state index in [0.717, 1.165) is 69.3 Å². The molecule has 8 rings (SSSR count). The second-order valence-electron chi connectivity index (χ2n) is 12.4. The molecule has 0 radical (unpaired) electrons. The lowest BCUT2D eigenvalue weighted by molar-refractivity contribution is 0.672. The van der Waals surface area contributed by atoms with Crippen molar-refractivity contribution in [1.29, 1.82) is 0 Å². The predicted octanol–water partition coefficient (Wildman–Crippen LogP) is 10.1. The number of aryl methyl sites for hydroxylation is 2. The normalized spacial score (nSPS) is 17.0. The van der Waals surface area contributed by atoms with Gasteiger partial charge in [0.05, 0.1) is 34.2 Å². The van der Waals surface area contributed by atoms with Gasteiger partial charge in [-0.1, -0.05) is 122 Å². The van der Waals surface area contributed by atoms with E-state index in [4.69, 9.17) is 15.0 Å². The van der Waals surface area contributed by atoms with Crippen molar-refractivity contribution < 1.29 is 0 Å². The summed E-state index contributed by atoms with van der Waals surface area (Å²) >= 11 is 0. The van der Waals surface area contributed by atoms with E-state index in [-0.39, 0.29) is 11.8 Å². The second kappa shape index (κ2) is 11.8. The molecule has 0 amide bonds. The fourth-order valence-electron chi connectivity index (χ4n) is 7.03. The van der Waals surface area contributed by atoms with E-state index in [1.165, 1.54) is 22.3 Å². The van der Waals surface area contributed by atoms with Gasteiger partial charge in [-0.3, -0.25) is 4.99 Å². The summed E-state index contributed by atoms with van der Waals surface area (Å²) in [5, 5.41) is 0. The van der Waals surface area contributed by atoms with Crippen LogP contribution in [0.3, 0.4) is 0 Å². The molecule has 2 aliphatic rings. The van der Waals surface area contributed by atoms with E-state index in [1.54, 1.807) is 0 Å². The summed E-state index contributed by atoms with van der Waals surface area (Å²) in [5.41, 5.74) is 15.7. The van der Waals surface area contributed by atoms with Crippen LogP contribution in [-0.2, 0) is 12.8 Å². The Balaban J connectivity index is 1.21. The van der Waals surface area contributed by atoms with Crippen molar-refractivity contribution in [3.8, 4) is 33.9 Å². The summed E-state index contributed by atoms with van der Waals surface area (Å²) in [7, 11) is 0. The quantitative estimate of drug-likeness (QED) is 0.199. The van der Waals surface area contributed by atoms with Crippen molar-refractivity contribution in [2.45, 2.75) is 32.6 Å². The van der Waals surface area contributed by atoms with Gasteiger partial charge < -0.3 is 0 Å². The zero-order chi connectivity index (χ0) is 31.0. The summed E-state index contributed by atoms with van der Waals surface area (Å²) in [6.45, 7) is 4.52. The average molecular weight is 594 g/mol. The highest BCUT2D eigenvalue weighted by Gasteiger charge is 2.29. The third-order valence-corrected chi connectivity index (χ3v) is 9.52. The Kier molecular flexibility index (Phi) is 7.23. The van der Waals surface area contributed by atoms with Crippen molar-refractivity contribution in [2.75, 3.05) is 0 Å². The van der Waals surface area contributed by atoms with E-state index in [9.17, 15) is 0 Å². The molecule has 0 saturated carbocycles. The highest BCUT2D eigenvalue weighted by atomic mass is 14.8. The van der Waals surface area contributed by atoms with Gasteiger partial charge in [-0.2, -0.15) is 0 Å². The Hall–Kier alpha value is -5.41. The fraction of sp³-hybridized carbons (Fsp3) is 0.140. The lowest BCUT2D eigenvalue weighted by Gasteiger charge is -2.29. The number of allylic oxidation sites excluding steroid dienone is 1. The number of pyridine rings is 2. The topological polar surface area (TPSA) is 38.1 Å². The fourth-order valence-corrected chi connectivity index (χ4v) is 7.03. The van der Waals surface area contributed by atoms with Gasteiger partial charge in [0.15, 0.2) is 0 Å². The molecule has 0 fully saturated rings. The Bertz CT molecular complexity index is 2110. The molecule has 2 aromatic heterocycles. The van der Waals surface area contributed by atoms with Gasteiger partial charge in [0.1, 0.15) is 0 Å². The summed E-state index contributed by atoms with van der Waals surface area (Å²) in [4.78, 5) is 15.8. The molecular weight excluding hydrogens is 558 g/mol. The molecule has 0 N–H and O–H groups in total. The Labute approximate surface area is 271 Å². The zero-order valence-electron chi connectivity index (χ0n) is 26.2. The number of nitrogens with zero attached hydrogens (tertiary/aromatic N) is 3. The molecule has 0 bridgehead atoms. The molecule has 1 aliphatic heterocycles. The molecule has 3 nitrogen and oxygen atoms in total. The number of aromatic nitrogens is 2. The number of rotatable bonds is 5. The maximum atomic E-state index is 5.34. The highest BCUT2D eigenvalue weighted by Crippen LogP contribution is 2.39. The molecule has 46 heavy (non-hydrogen) atoms. The van der Waals surface area contributed by atoms with Crippen molar-refractivity contribution in [2.24, 2.45) is 10.9 Å². The van der Waals surface area contributed by atoms with E-state index < -0.39 is 0 Å². The number of hydrogen-bond acceptors (Lipinski definition) is 3. The molecule has 1 aliphatic carbocycles. The van der Waals surface area contributed by atoms with Gasteiger partial charge in [0.2, 0.25) is 0 Å². The maximum absolute atomic E-state index is 5.34. The molecule has 1 unspecified atom stereocenters. The first kappa shape index (κ1) is 28.1. The molecule has 222 valence electrons. The minimum absolute atomic E-state index is 0.204. The Morgan fingerprint density at radius 1 is 0.565 bits per heavy atom. The van der Waals surface area contributed by atoms with Crippen molar-refractivity contribution >= 4 is 11.4 Å². The van der Waals surface area contributed by atoms with Gasteiger partial charge >= 0.3 is 0 Å². The van der Waals surface area contributed by atoms with Crippen LogP contribution in [0.25, 0.3) is 39.6 Å². The van der Waals surface area contributed by atoms with Crippen LogP contribution in [0, 0.1) is 12.8 Å². The molecule has 6 aromatic rings. The van der Waals surface area contributed by atoms with Crippen molar-refractivity contribution in [3.05, 3.63) is 173 Å². The smallest absolute Gasteiger partial charge is 0.0931 e.